The lowest BCUT2D eigenvalue weighted by molar-refractivity contribution is 0.121. The lowest BCUT2D eigenvalue weighted by Crippen LogP contribution is -2.40. The molecular weight excluding hydrogens is 470 g/mol. The van der Waals surface area contributed by atoms with Gasteiger partial charge in [0.25, 0.3) is 0 Å². The SMILES string of the molecule is COc1cc(C=NNc2nc(N3CCOCC3)nc(N3CCOCC3)n2)cc(Br)c1O. The molecule has 2 aliphatic heterocycles. The molecule has 4 rings (SSSR count). The molecule has 0 bridgehead atoms. The third-order valence-corrected chi connectivity index (χ3v) is 5.45. The predicted octanol–water partition coefficient (Wildman–Crippen LogP) is 1.47. The van der Waals surface area contributed by atoms with Crippen LogP contribution in [0.5, 0.6) is 11.5 Å². The number of ether oxygens (including phenoxy) is 3. The Morgan fingerprint density at radius 1 is 1.03 bits per heavy atom. The minimum absolute atomic E-state index is 0.0374. The van der Waals surface area contributed by atoms with Gasteiger partial charge in [-0.25, -0.2) is 5.43 Å². The Morgan fingerprint density at radius 2 is 1.61 bits per heavy atom. The van der Waals surface area contributed by atoms with Gasteiger partial charge in [0, 0.05) is 26.2 Å². The molecule has 11 nitrogen and oxygen atoms in total. The Morgan fingerprint density at radius 3 is 2.16 bits per heavy atom. The molecule has 0 atom stereocenters. The van der Waals surface area contributed by atoms with E-state index in [1.165, 1.54) is 7.11 Å². The van der Waals surface area contributed by atoms with Crippen LogP contribution in [0.3, 0.4) is 0 Å². The van der Waals surface area contributed by atoms with Crippen molar-refractivity contribution in [2.24, 2.45) is 5.10 Å². The van der Waals surface area contributed by atoms with E-state index in [0.717, 1.165) is 31.7 Å². The third-order valence-electron chi connectivity index (χ3n) is 4.85. The van der Waals surface area contributed by atoms with Gasteiger partial charge in [0.2, 0.25) is 17.8 Å². The fourth-order valence-corrected chi connectivity index (χ4v) is 3.66. The average Bonchev–Trinajstić information content (AvgIpc) is 2.82. The molecule has 1 aromatic carbocycles. The molecule has 166 valence electrons. The topological polar surface area (TPSA) is 117 Å². The second-order valence-corrected chi connectivity index (χ2v) is 7.74. The smallest absolute Gasteiger partial charge is 0.250 e. The van der Waals surface area contributed by atoms with Crippen LogP contribution in [-0.4, -0.2) is 86.0 Å². The predicted molar refractivity (Wildman–Crippen MR) is 119 cm³/mol. The normalized spacial score (nSPS) is 17.2. The number of hydrogen-bond acceptors (Lipinski definition) is 11. The minimum Gasteiger partial charge on any atom is -0.503 e. The monoisotopic (exact) mass is 493 g/mol. The van der Waals surface area contributed by atoms with E-state index in [1.54, 1.807) is 18.3 Å². The summed E-state index contributed by atoms with van der Waals surface area (Å²) in [5, 5.41) is 14.2. The van der Waals surface area contributed by atoms with Crippen LogP contribution in [0.15, 0.2) is 21.7 Å². The second kappa shape index (κ2) is 10.1. The lowest BCUT2D eigenvalue weighted by atomic mass is 10.2. The van der Waals surface area contributed by atoms with Gasteiger partial charge < -0.3 is 29.1 Å². The molecule has 12 heteroatoms. The zero-order valence-electron chi connectivity index (χ0n) is 17.1. The van der Waals surface area contributed by atoms with Crippen LogP contribution in [0.2, 0.25) is 0 Å². The van der Waals surface area contributed by atoms with Crippen molar-refractivity contribution in [1.82, 2.24) is 15.0 Å². The van der Waals surface area contributed by atoms with Crippen LogP contribution in [0, 0.1) is 0 Å². The first kappa shape index (κ1) is 21.5. The number of hydrazone groups is 1. The number of benzene rings is 1. The number of nitrogens with zero attached hydrogens (tertiary/aromatic N) is 6. The summed E-state index contributed by atoms with van der Waals surface area (Å²) in [5.41, 5.74) is 3.62. The average molecular weight is 494 g/mol. The van der Waals surface area contributed by atoms with Crippen molar-refractivity contribution in [3.63, 3.8) is 0 Å². The molecule has 2 N–H and O–H groups in total. The van der Waals surface area contributed by atoms with Gasteiger partial charge in [0.15, 0.2) is 11.5 Å². The fourth-order valence-electron chi connectivity index (χ4n) is 3.20. The largest absolute Gasteiger partial charge is 0.503 e. The summed E-state index contributed by atoms with van der Waals surface area (Å²) >= 11 is 3.31. The summed E-state index contributed by atoms with van der Waals surface area (Å²) in [5.74, 6) is 1.91. The third kappa shape index (κ3) is 5.32. The van der Waals surface area contributed by atoms with Crippen molar-refractivity contribution in [2.75, 3.05) is 74.9 Å². The Labute approximate surface area is 188 Å². The summed E-state index contributed by atoms with van der Waals surface area (Å²) in [6, 6.07) is 3.41. The zero-order valence-corrected chi connectivity index (χ0v) is 18.7. The number of phenols is 1. The number of morpholine rings is 2. The van der Waals surface area contributed by atoms with E-state index in [0.29, 0.717) is 54.5 Å². The van der Waals surface area contributed by atoms with Gasteiger partial charge >= 0.3 is 0 Å². The van der Waals surface area contributed by atoms with E-state index < -0.39 is 0 Å². The molecule has 2 aliphatic rings. The quantitative estimate of drug-likeness (QED) is 0.452. The van der Waals surface area contributed by atoms with Gasteiger partial charge in [0.1, 0.15) is 0 Å². The van der Waals surface area contributed by atoms with Gasteiger partial charge in [-0.2, -0.15) is 20.1 Å². The maximum Gasteiger partial charge on any atom is 0.250 e. The molecule has 1 aromatic heterocycles. The van der Waals surface area contributed by atoms with Crippen LogP contribution >= 0.6 is 15.9 Å². The molecule has 0 aliphatic carbocycles. The second-order valence-electron chi connectivity index (χ2n) is 6.88. The first-order valence-electron chi connectivity index (χ1n) is 9.91. The first-order valence-corrected chi connectivity index (χ1v) is 10.7. The number of nitrogens with one attached hydrogen (secondary N) is 1. The molecule has 0 spiro atoms. The van der Waals surface area contributed by atoms with Crippen LogP contribution in [0.4, 0.5) is 17.8 Å². The molecule has 31 heavy (non-hydrogen) atoms. The summed E-state index contributed by atoms with van der Waals surface area (Å²) < 4.78 is 16.6. The number of halogens is 1. The summed E-state index contributed by atoms with van der Waals surface area (Å²) in [4.78, 5) is 17.9. The van der Waals surface area contributed by atoms with E-state index in [-0.39, 0.29) is 5.75 Å². The number of aromatic hydroxyl groups is 1. The van der Waals surface area contributed by atoms with Gasteiger partial charge in [-0.3, -0.25) is 0 Å². The van der Waals surface area contributed by atoms with Crippen LogP contribution in [0.25, 0.3) is 0 Å². The van der Waals surface area contributed by atoms with Crippen LogP contribution < -0.4 is 20.0 Å². The Kier molecular flexibility index (Phi) is 6.99. The number of rotatable bonds is 6. The van der Waals surface area contributed by atoms with Gasteiger partial charge in [0.05, 0.1) is 44.2 Å². The van der Waals surface area contributed by atoms with E-state index in [2.05, 4.69) is 51.2 Å². The molecular formula is C19H24BrN7O4. The van der Waals surface area contributed by atoms with Gasteiger partial charge in [-0.05, 0) is 33.6 Å². The van der Waals surface area contributed by atoms with E-state index in [9.17, 15) is 5.11 Å². The van der Waals surface area contributed by atoms with Crippen molar-refractivity contribution < 1.29 is 19.3 Å². The highest BCUT2D eigenvalue weighted by atomic mass is 79.9. The Bertz CT molecular complexity index is 897. The number of anilines is 3. The molecule has 2 fully saturated rings. The van der Waals surface area contributed by atoms with Gasteiger partial charge in [-0.15, -0.1) is 0 Å². The van der Waals surface area contributed by atoms with Crippen molar-refractivity contribution in [3.8, 4) is 11.5 Å². The zero-order chi connectivity index (χ0) is 21.6. The molecule has 0 amide bonds. The maximum absolute atomic E-state index is 9.95. The number of hydrogen-bond donors (Lipinski definition) is 2. The standard InChI is InChI=1S/C19H24BrN7O4/c1-29-15-11-13(10-14(20)16(15)28)12-21-25-17-22-18(26-2-6-30-7-3-26)24-19(23-17)27-4-8-31-9-5-27/h10-12,28H,2-9H2,1H3,(H,22,23,24,25). The molecule has 2 saturated heterocycles. The summed E-state index contributed by atoms with van der Waals surface area (Å²) in [7, 11) is 1.49. The van der Waals surface area contributed by atoms with E-state index >= 15 is 0 Å². The number of aromatic nitrogens is 3. The number of methoxy groups -OCH3 is 1. The maximum atomic E-state index is 9.95. The highest BCUT2D eigenvalue weighted by Gasteiger charge is 2.20. The molecule has 2 aromatic rings. The van der Waals surface area contributed by atoms with Gasteiger partial charge in [-0.1, -0.05) is 0 Å². The summed E-state index contributed by atoms with van der Waals surface area (Å²) in [6.45, 7) is 5.42. The molecule has 0 saturated carbocycles. The van der Waals surface area contributed by atoms with E-state index in [4.69, 9.17) is 14.2 Å². The number of phenolic OH excluding ortho intramolecular Hbond substituents is 1. The van der Waals surface area contributed by atoms with Crippen molar-refractivity contribution in [2.45, 2.75) is 0 Å². The molecule has 0 radical (unpaired) electrons. The van der Waals surface area contributed by atoms with Crippen molar-refractivity contribution in [3.05, 3.63) is 22.2 Å². The fraction of sp³-hybridized carbons (Fsp3) is 0.474. The molecule has 0 unspecified atom stereocenters. The minimum atomic E-state index is 0.0374. The lowest BCUT2D eigenvalue weighted by Gasteiger charge is -2.30. The van der Waals surface area contributed by atoms with Crippen LogP contribution in [-0.2, 0) is 9.47 Å². The molecule has 3 heterocycles. The Balaban J connectivity index is 1.56. The van der Waals surface area contributed by atoms with E-state index in [1.807, 2.05) is 0 Å². The van der Waals surface area contributed by atoms with Crippen LogP contribution in [0.1, 0.15) is 5.56 Å². The Hall–Kier alpha value is -2.70. The highest BCUT2D eigenvalue weighted by Crippen LogP contribution is 2.34. The first-order chi connectivity index (χ1) is 15.1. The summed E-state index contributed by atoms with van der Waals surface area (Å²) in [6.07, 6.45) is 1.60. The van der Waals surface area contributed by atoms with Crippen molar-refractivity contribution in [1.29, 1.82) is 0 Å². The highest BCUT2D eigenvalue weighted by molar-refractivity contribution is 9.10. The van der Waals surface area contributed by atoms with Crippen molar-refractivity contribution >= 4 is 40.0 Å².